The van der Waals surface area contributed by atoms with Crippen molar-refractivity contribution >= 4 is 16.8 Å². The van der Waals surface area contributed by atoms with Crippen LogP contribution in [0.2, 0.25) is 0 Å². The zero-order chi connectivity index (χ0) is 22.6. The Labute approximate surface area is 194 Å². The van der Waals surface area contributed by atoms with Crippen LogP contribution < -0.4 is 0 Å². The van der Waals surface area contributed by atoms with E-state index < -0.39 is 0 Å². The van der Waals surface area contributed by atoms with E-state index >= 15 is 0 Å². The molecule has 0 saturated carbocycles. The SMILES string of the molecule is O=C1C(C2CCN(Cc3ccc4ncccc4c3)CC2)CC=CCN1Cc1ccc(F)cc1. The normalized spacial score (nSPS) is 20.3. The Morgan fingerprint density at radius 1 is 0.939 bits per heavy atom. The van der Waals surface area contributed by atoms with Crippen LogP contribution in [-0.2, 0) is 17.9 Å². The van der Waals surface area contributed by atoms with Crippen molar-refractivity contribution in [1.82, 2.24) is 14.8 Å². The molecule has 5 heteroatoms. The highest BCUT2D eigenvalue weighted by Gasteiger charge is 2.34. The number of hydrogen-bond donors (Lipinski definition) is 0. The summed E-state index contributed by atoms with van der Waals surface area (Å²) in [5.41, 5.74) is 3.32. The third-order valence-electron chi connectivity index (χ3n) is 7.07. The Morgan fingerprint density at radius 2 is 1.73 bits per heavy atom. The Bertz CT molecular complexity index is 1140. The van der Waals surface area contributed by atoms with Crippen LogP contribution in [0, 0.1) is 17.7 Å². The maximum Gasteiger partial charge on any atom is 0.226 e. The summed E-state index contributed by atoms with van der Waals surface area (Å²) in [5, 5.41) is 1.18. The van der Waals surface area contributed by atoms with Gasteiger partial charge in [0.25, 0.3) is 0 Å². The lowest BCUT2D eigenvalue weighted by Gasteiger charge is -2.36. The van der Waals surface area contributed by atoms with Crippen LogP contribution in [0.1, 0.15) is 30.4 Å². The number of hydrogen-bond acceptors (Lipinski definition) is 3. The van der Waals surface area contributed by atoms with Gasteiger partial charge in [0.1, 0.15) is 5.82 Å². The Hall–Kier alpha value is -3.05. The fourth-order valence-corrected chi connectivity index (χ4v) is 5.21. The molecule has 4 nitrogen and oxygen atoms in total. The van der Waals surface area contributed by atoms with Crippen molar-refractivity contribution in [2.75, 3.05) is 19.6 Å². The van der Waals surface area contributed by atoms with E-state index in [2.05, 4.69) is 46.3 Å². The zero-order valence-electron chi connectivity index (χ0n) is 18.9. The molecule has 33 heavy (non-hydrogen) atoms. The molecule has 1 unspecified atom stereocenters. The van der Waals surface area contributed by atoms with Crippen LogP contribution in [0.15, 0.2) is 72.9 Å². The van der Waals surface area contributed by atoms with Crippen LogP contribution in [-0.4, -0.2) is 40.3 Å². The van der Waals surface area contributed by atoms with Gasteiger partial charge in [0.2, 0.25) is 5.91 Å². The molecule has 0 radical (unpaired) electrons. The van der Waals surface area contributed by atoms with E-state index in [1.54, 1.807) is 12.1 Å². The fraction of sp³-hybridized carbons (Fsp3) is 0.357. The largest absolute Gasteiger partial charge is 0.334 e. The van der Waals surface area contributed by atoms with Crippen LogP contribution >= 0.6 is 0 Å². The highest BCUT2D eigenvalue weighted by molar-refractivity contribution is 5.80. The molecule has 1 atom stereocenters. The first-order chi connectivity index (χ1) is 16.2. The number of benzene rings is 2. The number of halogens is 1. The summed E-state index contributed by atoms with van der Waals surface area (Å²) in [6.45, 7) is 4.13. The molecular weight excluding hydrogens is 413 g/mol. The molecule has 1 amide bonds. The zero-order valence-corrected chi connectivity index (χ0v) is 18.9. The first-order valence-electron chi connectivity index (χ1n) is 11.9. The molecule has 5 rings (SSSR count). The number of likely N-dealkylation sites (tertiary alicyclic amines) is 1. The third-order valence-corrected chi connectivity index (χ3v) is 7.07. The van der Waals surface area contributed by atoms with E-state index in [0.29, 0.717) is 19.0 Å². The number of aromatic nitrogens is 1. The number of carbonyl (C=O) groups excluding carboxylic acids is 1. The predicted octanol–water partition coefficient (Wildman–Crippen LogP) is 5.19. The van der Waals surface area contributed by atoms with Crippen LogP contribution in [0.25, 0.3) is 10.9 Å². The van der Waals surface area contributed by atoms with E-state index in [-0.39, 0.29) is 17.6 Å². The third kappa shape index (κ3) is 5.14. The maximum atomic E-state index is 13.4. The van der Waals surface area contributed by atoms with Gasteiger partial charge in [0.15, 0.2) is 0 Å². The lowest BCUT2D eigenvalue weighted by molar-refractivity contribution is -0.137. The van der Waals surface area contributed by atoms with Gasteiger partial charge in [0, 0.05) is 37.1 Å². The van der Waals surface area contributed by atoms with Gasteiger partial charge in [-0.05, 0) is 79.7 Å². The summed E-state index contributed by atoms with van der Waals surface area (Å²) < 4.78 is 13.3. The minimum absolute atomic E-state index is 0.0399. The molecule has 0 bridgehead atoms. The monoisotopic (exact) mass is 443 g/mol. The van der Waals surface area contributed by atoms with E-state index in [1.165, 1.54) is 23.1 Å². The van der Waals surface area contributed by atoms with Crippen LogP contribution in [0.3, 0.4) is 0 Å². The van der Waals surface area contributed by atoms with Crippen molar-refractivity contribution in [2.45, 2.75) is 32.4 Å². The molecule has 2 aliphatic rings. The maximum absolute atomic E-state index is 13.4. The van der Waals surface area contributed by atoms with E-state index in [4.69, 9.17) is 0 Å². The molecule has 1 aromatic heterocycles. The number of rotatable bonds is 5. The molecule has 1 fully saturated rings. The second-order valence-electron chi connectivity index (χ2n) is 9.30. The first-order valence-corrected chi connectivity index (χ1v) is 11.9. The van der Waals surface area contributed by atoms with E-state index in [1.807, 2.05) is 17.2 Å². The first kappa shape index (κ1) is 21.8. The van der Waals surface area contributed by atoms with Crippen molar-refractivity contribution in [3.05, 3.63) is 89.9 Å². The smallest absolute Gasteiger partial charge is 0.226 e. The lowest BCUT2D eigenvalue weighted by atomic mass is 9.81. The Balaban J connectivity index is 1.19. The number of fused-ring (bicyclic) bond motifs is 1. The van der Waals surface area contributed by atoms with E-state index in [9.17, 15) is 9.18 Å². The van der Waals surface area contributed by atoms with Gasteiger partial charge in [-0.25, -0.2) is 4.39 Å². The number of carbonyl (C=O) groups is 1. The molecule has 3 heterocycles. The average Bonchev–Trinajstić information content (AvgIpc) is 3.02. The topological polar surface area (TPSA) is 36.4 Å². The number of piperidine rings is 1. The number of allylic oxidation sites excluding steroid dienone is 1. The summed E-state index contributed by atoms with van der Waals surface area (Å²) >= 11 is 0. The molecule has 3 aromatic rings. The van der Waals surface area contributed by atoms with Crippen molar-refractivity contribution in [3.8, 4) is 0 Å². The van der Waals surface area contributed by atoms with Crippen molar-refractivity contribution in [3.63, 3.8) is 0 Å². The lowest BCUT2D eigenvalue weighted by Crippen LogP contribution is -2.42. The van der Waals surface area contributed by atoms with Gasteiger partial charge >= 0.3 is 0 Å². The predicted molar refractivity (Wildman–Crippen MR) is 129 cm³/mol. The second-order valence-corrected chi connectivity index (χ2v) is 9.30. The number of pyridine rings is 1. The highest BCUT2D eigenvalue weighted by Crippen LogP contribution is 2.31. The van der Waals surface area contributed by atoms with Crippen molar-refractivity contribution < 1.29 is 9.18 Å². The molecule has 1 saturated heterocycles. The molecular formula is C28H30FN3O. The molecule has 2 aromatic carbocycles. The Kier molecular flexibility index (Phi) is 6.49. The summed E-state index contributed by atoms with van der Waals surface area (Å²) in [6.07, 6.45) is 9.01. The van der Waals surface area contributed by atoms with Gasteiger partial charge in [-0.1, -0.05) is 36.4 Å². The van der Waals surface area contributed by atoms with Gasteiger partial charge in [-0.15, -0.1) is 0 Å². The average molecular weight is 444 g/mol. The highest BCUT2D eigenvalue weighted by atomic mass is 19.1. The summed E-state index contributed by atoms with van der Waals surface area (Å²) in [6, 6.07) is 17.1. The molecule has 2 aliphatic heterocycles. The van der Waals surface area contributed by atoms with Gasteiger partial charge in [0.05, 0.1) is 5.52 Å². The summed E-state index contributed by atoms with van der Waals surface area (Å²) in [7, 11) is 0. The Morgan fingerprint density at radius 3 is 2.55 bits per heavy atom. The van der Waals surface area contributed by atoms with Gasteiger partial charge in [-0.3, -0.25) is 14.7 Å². The minimum atomic E-state index is -0.245. The fourth-order valence-electron chi connectivity index (χ4n) is 5.21. The standard InChI is InChI=1S/C28H30FN3O/c29-25-9-6-21(7-10-25)20-32-15-2-1-5-26(28(32)33)23-12-16-31(17-13-23)19-22-8-11-27-24(18-22)4-3-14-30-27/h1-4,6-11,14,18,23,26H,5,12-13,15-17,19-20H2. The molecule has 0 spiro atoms. The quantitative estimate of drug-likeness (QED) is 0.509. The number of amides is 1. The van der Waals surface area contributed by atoms with Crippen molar-refractivity contribution in [1.29, 1.82) is 0 Å². The minimum Gasteiger partial charge on any atom is -0.334 e. The summed E-state index contributed by atoms with van der Waals surface area (Å²) in [5.74, 6) is 0.446. The van der Waals surface area contributed by atoms with Gasteiger partial charge < -0.3 is 4.90 Å². The molecule has 0 aliphatic carbocycles. The summed E-state index contributed by atoms with van der Waals surface area (Å²) in [4.78, 5) is 22.2. The van der Waals surface area contributed by atoms with Gasteiger partial charge in [-0.2, -0.15) is 0 Å². The van der Waals surface area contributed by atoms with Crippen molar-refractivity contribution in [2.24, 2.45) is 11.8 Å². The van der Waals surface area contributed by atoms with E-state index in [0.717, 1.165) is 50.0 Å². The number of nitrogens with zero attached hydrogens (tertiary/aromatic N) is 3. The van der Waals surface area contributed by atoms with Crippen LogP contribution in [0.5, 0.6) is 0 Å². The molecule has 0 N–H and O–H groups in total. The molecule has 170 valence electrons. The van der Waals surface area contributed by atoms with Crippen LogP contribution in [0.4, 0.5) is 4.39 Å². The second kappa shape index (κ2) is 9.84.